The van der Waals surface area contributed by atoms with Crippen LogP contribution in [0, 0.1) is 0 Å². The molecule has 0 spiro atoms. The molecular weight excluding hydrogens is 393 g/mol. The van der Waals surface area contributed by atoms with Crippen LogP contribution in [0.1, 0.15) is 5.69 Å². The molecule has 9 heteroatoms. The Labute approximate surface area is 162 Å². The van der Waals surface area contributed by atoms with Gasteiger partial charge in [0.1, 0.15) is 17.2 Å². The van der Waals surface area contributed by atoms with Gasteiger partial charge in [-0.3, -0.25) is 0 Å². The summed E-state index contributed by atoms with van der Waals surface area (Å²) in [5.41, 5.74) is 1.99. The molecule has 0 atom stereocenters. The summed E-state index contributed by atoms with van der Waals surface area (Å²) in [5.74, 6) is 1.15. The number of nitrogens with one attached hydrogen (secondary N) is 1. The van der Waals surface area contributed by atoms with E-state index in [4.69, 9.17) is 23.2 Å². The van der Waals surface area contributed by atoms with Crippen LogP contribution < -0.4 is 5.32 Å². The van der Waals surface area contributed by atoms with E-state index in [2.05, 4.69) is 25.3 Å². The topological polar surface area (TPSA) is 83.8 Å². The Bertz CT molecular complexity index is 1080. The number of aliphatic hydroxyl groups is 1. The fourth-order valence-corrected chi connectivity index (χ4v) is 4.19. The maximum atomic E-state index is 9.21. The Balaban J connectivity index is 1.79. The highest BCUT2D eigenvalue weighted by Gasteiger charge is 2.16. The second-order valence-corrected chi connectivity index (χ2v) is 7.11. The van der Waals surface area contributed by atoms with Crippen molar-refractivity contribution >= 4 is 56.4 Å². The van der Waals surface area contributed by atoms with Gasteiger partial charge in [-0.15, -0.1) is 11.3 Å². The molecule has 130 valence electrons. The number of rotatable bonds is 4. The number of nitrogens with zero attached hydrogens (tertiary/aromatic N) is 4. The highest BCUT2D eigenvalue weighted by molar-refractivity contribution is 7.22. The minimum absolute atomic E-state index is 0.162. The number of aliphatic hydroxyl groups excluding tert-OH is 1. The molecule has 0 radical (unpaired) electrons. The van der Waals surface area contributed by atoms with Gasteiger partial charge in [-0.05, 0) is 18.2 Å². The molecule has 4 aromatic rings. The van der Waals surface area contributed by atoms with Crippen molar-refractivity contribution in [1.29, 1.82) is 0 Å². The van der Waals surface area contributed by atoms with E-state index in [9.17, 15) is 5.11 Å². The number of halogens is 2. The van der Waals surface area contributed by atoms with Crippen molar-refractivity contribution in [3.05, 3.63) is 58.6 Å². The summed E-state index contributed by atoms with van der Waals surface area (Å²) in [6.45, 7) is -0.162. The number of fused-ring (bicyclic) bond motifs is 1. The summed E-state index contributed by atoms with van der Waals surface area (Å²) in [6, 6.07) is 8.84. The van der Waals surface area contributed by atoms with Crippen LogP contribution in [-0.2, 0) is 6.61 Å². The molecule has 0 amide bonds. The lowest BCUT2D eigenvalue weighted by Crippen LogP contribution is -1.99. The molecule has 0 fully saturated rings. The number of anilines is 2. The molecule has 2 N–H and O–H groups in total. The van der Waals surface area contributed by atoms with Crippen molar-refractivity contribution in [2.45, 2.75) is 6.61 Å². The number of benzene rings is 1. The van der Waals surface area contributed by atoms with Crippen molar-refractivity contribution in [2.75, 3.05) is 5.32 Å². The monoisotopic (exact) mass is 403 g/mol. The van der Waals surface area contributed by atoms with Crippen LogP contribution in [0.2, 0.25) is 10.0 Å². The predicted octanol–water partition coefficient (Wildman–Crippen LogP) is 4.69. The van der Waals surface area contributed by atoms with Crippen molar-refractivity contribution in [1.82, 2.24) is 19.9 Å². The van der Waals surface area contributed by atoms with E-state index in [1.165, 1.54) is 17.7 Å². The number of hydrogen-bond acceptors (Lipinski definition) is 7. The minimum atomic E-state index is -0.162. The van der Waals surface area contributed by atoms with E-state index in [0.29, 0.717) is 37.9 Å². The van der Waals surface area contributed by atoms with Crippen LogP contribution in [-0.4, -0.2) is 25.0 Å². The van der Waals surface area contributed by atoms with Crippen LogP contribution in [0.3, 0.4) is 0 Å². The molecule has 0 saturated heterocycles. The van der Waals surface area contributed by atoms with E-state index >= 15 is 0 Å². The molecule has 6 nitrogen and oxygen atoms in total. The van der Waals surface area contributed by atoms with E-state index in [0.717, 1.165) is 10.2 Å². The zero-order chi connectivity index (χ0) is 18.1. The normalized spacial score (nSPS) is 11.0. The lowest BCUT2D eigenvalue weighted by molar-refractivity contribution is 0.276. The third-order valence-corrected chi connectivity index (χ3v) is 5.34. The first-order chi connectivity index (χ1) is 12.7. The summed E-state index contributed by atoms with van der Waals surface area (Å²) < 4.78 is 0.850. The van der Waals surface area contributed by atoms with Crippen molar-refractivity contribution in [3.63, 3.8) is 0 Å². The van der Waals surface area contributed by atoms with Gasteiger partial charge in [0.2, 0.25) is 0 Å². The molecular formula is C17H11Cl2N5OS. The first-order valence-corrected chi connectivity index (χ1v) is 9.11. The van der Waals surface area contributed by atoms with E-state index in [1.54, 1.807) is 30.5 Å². The summed E-state index contributed by atoms with van der Waals surface area (Å²) in [4.78, 5) is 17.1. The average Bonchev–Trinajstić information content (AvgIpc) is 3.06. The third kappa shape index (κ3) is 3.22. The maximum Gasteiger partial charge on any atom is 0.151 e. The molecule has 0 saturated carbocycles. The molecule has 1 aromatic carbocycles. The SMILES string of the molecule is OCc1cc(Nc2nccc3nc(-c4c(Cl)cccc4Cl)sc23)ncn1. The summed E-state index contributed by atoms with van der Waals surface area (Å²) in [6.07, 6.45) is 3.05. The van der Waals surface area contributed by atoms with Crippen LogP contribution in [0.25, 0.3) is 20.8 Å². The van der Waals surface area contributed by atoms with Gasteiger partial charge in [0, 0.05) is 17.8 Å². The smallest absolute Gasteiger partial charge is 0.151 e. The second kappa shape index (κ2) is 7.13. The second-order valence-electron chi connectivity index (χ2n) is 5.30. The number of thiazole rings is 1. The zero-order valence-electron chi connectivity index (χ0n) is 13.1. The number of pyridine rings is 1. The van der Waals surface area contributed by atoms with Gasteiger partial charge in [0.15, 0.2) is 5.82 Å². The zero-order valence-corrected chi connectivity index (χ0v) is 15.5. The first kappa shape index (κ1) is 17.1. The van der Waals surface area contributed by atoms with Gasteiger partial charge in [0.05, 0.1) is 32.6 Å². The molecule has 0 aliphatic heterocycles. The van der Waals surface area contributed by atoms with Crippen molar-refractivity contribution < 1.29 is 5.11 Å². The molecule has 0 aliphatic rings. The van der Waals surface area contributed by atoms with Gasteiger partial charge >= 0.3 is 0 Å². The number of hydrogen-bond donors (Lipinski definition) is 2. The standard InChI is InChI=1S/C17H11Cl2N5OS/c18-10-2-1-3-11(19)14(10)17-23-12-4-5-20-16(15(12)26-17)24-13-6-9(7-25)21-8-22-13/h1-6,8,25H,7H2,(H,20,21,22,24). The fraction of sp³-hybridized carbons (Fsp3) is 0.0588. The Kier molecular flexibility index (Phi) is 4.69. The van der Waals surface area contributed by atoms with Gasteiger partial charge in [0.25, 0.3) is 0 Å². The summed E-state index contributed by atoms with van der Waals surface area (Å²) in [5, 5.41) is 14.2. The van der Waals surface area contributed by atoms with Crippen molar-refractivity contribution in [3.8, 4) is 10.6 Å². The van der Waals surface area contributed by atoms with Crippen LogP contribution in [0.5, 0.6) is 0 Å². The minimum Gasteiger partial charge on any atom is -0.390 e. The molecule has 4 rings (SSSR count). The lowest BCUT2D eigenvalue weighted by Gasteiger charge is -2.05. The van der Waals surface area contributed by atoms with Crippen LogP contribution in [0.15, 0.2) is 42.9 Å². The highest BCUT2D eigenvalue weighted by Crippen LogP contribution is 2.40. The predicted molar refractivity (Wildman–Crippen MR) is 104 cm³/mol. The van der Waals surface area contributed by atoms with E-state index in [-0.39, 0.29) is 6.61 Å². The van der Waals surface area contributed by atoms with Gasteiger partial charge in [-0.1, -0.05) is 29.3 Å². The molecule has 3 heterocycles. The Morgan fingerprint density at radius 1 is 1.08 bits per heavy atom. The van der Waals surface area contributed by atoms with Gasteiger partial charge in [-0.25, -0.2) is 19.9 Å². The lowest BCUT2D eigenvalue weighted by atomic mass is 10.2. The Hall–Kier alpha value is -2.32. The largest absolute Gasteiger partial charge is 0.390 e. The first-order valence-electron chi connectivity index (χ1n) is 7.54. The number of aromatic nitrogens is 4. The maximum absolute atomic E-state index is 9.21. The van der Waals surface area contributed by atoms with E-state index < -0.39 is 0 Å². The summed E-state index contributed by atoms with van der Waals surface area (Å²) in [7, 11) is 0. The quantitative estimate of drug-likeness (QED) is 0.513. The molecule has 0 bridgehead atoms. The molecule has 0 unspecified atom stereocenters. The molecule has 3 aromatic heterocycles. The van der Waals surface area contributed by atoms with E-state index in [1.807, 2.05) is 6.07 Å². The fourth-order valence-electron chi connectivity index (χ4n) is 2.43. The third-order valence-electron chi connectivity index (χ3n) is 3.61. The Morgan fingerprint density at radius 3 is 2.65 bits per heavy atom. The summed E-state index contributed by atoms with van der Waals surface area (Å²) >= 11 is 14.0. The average molecular weight is 404 g/mol. The van der Waals surface area contributed by atoms with Crippen LogP contribution in [0.4, 0.5) is 11.6 Å². The van der Waals surface area contributed by atoms with Crippen molar-refractivity contribution in [2.24, 2.45) is 0 Å². The highest BCUT2D eigenvalue weighted by atomic mass is 35.5. The van der Waals surface area contributed by atoms with Crippen LogP contribution >= 0.6 is 34.5 Å². The van der Waals surface area contributed by atoms with Gasteiger partial charge < -0.3 is 10.4 Å². The molecule has 0 aliphatic carbocycles. The Morgan fingerprint density at radius 2 is 1.88 bits per heavy atom. The molecule has 26 heavy (non-hydrogen) atoms. The van der Waals surface area contributed by atoms with Gasteiger partial charge in [-0.2, -0.15) is 0 Å².